The van der Waals surface area contributed by atoms with Crippen LogP contribution in [0.5, 0.6) is 0 Å². The van der Waals surface area contributed by atoms with Crippen LogP contribution in [-0.2, 0) is 19.1 Å². The smallest absolute Gasteiger partial charge is 0.357 e. The fourth-order valence-electron chi connectivity index (χ4n) is 2.51. The molecule has 0 spiro atoms. The van der Waals surface area contributed by atoms with Crippen LogP contribution in [-0.4, -0.2) is 38.8 Å². The number of aromatic nitrogens is 4. The molecule has 162 valence electrons. The van der Waals surface area contributed by atoms with Gasteiger partial charge in [-0.25, -0.2) is 9.98 Å². The number of halogens is 4. The van der Waals surface area contributed by atoms with Crippen LogP contribution in [0.2, 0.25) is 0 Å². The lowest BCUT2D eigenvalue weighted by atomic mass is 10.3. The molecule has 30 heavy (non-hydrogen) atoms. The third kappa shape index (κ3) is 6.65. The Morgan fingerprint density at radius 3 is 2.63 bits per heavy atom. The molecule has 3 aromatic rings. The first-order valence-electron chi connectivity index (χ1n) is 8.95. The lowest BCUT2D eigenvalue weighted by molar-refractivity contribution is -0.140. The quantitative estimate of drug-likeness (QED) is 0.266. The zero-order valence-corrected chi connectivity index (χ0v) is 19.2. The zero-order valence-electron chi connectivity index (χ0n) is 16.1. The molecule has 2 aromatic heterocycles. The van der Waals surface area contributed by atoms with Crippen molar-refractivity contribution in [2.24, 2.45) is 4.99 Å². The highest BCUT2D eigenvalue weighted by atomic mass is 127. The summed E-state index contributed by atoms with van der Waals surface area (Å²) in [5, 5.41) is 15.7. The van der Waals surface area contributed by atoms with Gasteiger partial charge in [-0.05, 0) is 19.1 Å². The lowest BCUT2D eigenvalue weighted by Gasteiger charge is -2.11. The number of thiazole rings is 1. The first-order chi connectivity index (χ1) is 14.0. The second-order valence-electron chi connectivity index (χ2n) is 5.95. The summed E-state index contributed by atoms with van der Waals surface area (Å²) in [7, 11) is 0. The van der Waals surface area contributed by atoms with Crippen molar-refractivity contribution >= 4 is 41.3 Å². The fraction of sp³-hybridized carbons (Fsp3) is 0.333. The Morgan fingerprint density at radius 2 is 1.97 bits per heavy atom. The van der Waals surface area contributed by atoms with E-state index in [2.05, 4.69) is 30.8 Å². The van der Waals surface area contributed by atoms with Crippen LogP contribution in [0.4, 0.5) is 13.2 Å². The number of nitrogens with one attached hydrogen (secondary N) is 2. The molecule has 0 unspecified atom stereocenters. The highest BCUT2D eigenvalue weighted by Gasteiger charge is 2.33. The standard InChI is InChI=1S/C18H20F3N7S.HI/c1-2-22-17(23-9-8-16-26-14(11-29-16)18(19,20)21)24-10-15-27-25-12-28(15)13-6-4-3-5-7-13;/h3-7,11-12H,2,8-10H2,1H3,(H2,22,23,24);1H. The van der Waals surface area contributed by atoms with E-state index in [-0.39, 0.29) is 24.0 Å². The molecule has 7 nitrogen and oxygen atoms in total. The third-order valence-electron chi connectivity index (χ3n) is 3.85. The fourth-order valence-corrected chi connectivity index (χ4v) is 3.31. The van der Waals surface area contributed by atoms with E-state index < -0.39 is 11.9 Å². The van der Waals surface area contributed by atoms with Crippen LogP contribution in [0.1, 0.15) is 23.4 Å². The molecular formula is C18H21F3IN7S. The van der Waals surface area contributed by atoms with Crippen molar-refractivity contribution in [3.05, 3.63) is 58.6 Å². The molecule has 2 N–H and O–H groups in total. The van der Waals surface area contributed by atoms with Gasteiger partial charge in [0.05, 0.1) is 5.01 Å². The van der Waals surface area contributed by atoms with E-state index in [9.17, 15) is 13.2 Å². The van der Waals surface area contributed by atoms with E-state index in [1.807, 2.05) is 41.8 Å². The van der Waals surface area contributed by atoms with Crippen molar-refractivity contribution in [1.82, 2.24) is 30.4 Å². The summed E-state index contributed by atoms with van der Waals surface area (Å²) in [6.07, 6.45) is -2.42. The van der Waals surface area contributed by atoms with Gasteiger partial charge in [0.2, 0.25) is 0 Å². The van der Waals surface area contributed by atoms with Gasteiger partial charge in [0.1, 0.15) is 12.9 Å². The molecular weight excluding hydrogens is 530 g/mol. The highest BCUT2D eigenvalue weighted by Crippen LogP contribution is 2.29. The predicted molar refractivity (Wildman–Crippen MR) is 120 cm³/mol. The van der Waals surface area contributed by atoms with Gasteiger partial charge in [0.25, 0.3) is 0 Å². The SMILES string of the molecule is CCNC(=NCc1nncn1-c1ccccc1)NCCc1nc(C(F)(F)F)cs1.I. The van der Waals surface area contributed by atoms with Gasteiger partial charge in [-0.15, -0.1) is 45.5 Å². The second kappa shape index (κ2) is 11.2. The maximum Gasteiger partial charge on any atom is 0.434 e. The van der Waals surface area contributed by atoms with Crippen LogP contribution in [0.15, 0.2) is 47.0 Å². The van der Waals surface area contributed by atoms with Crippen molar-refractivity contribution in [2.75, 3.05) is 13.1 Å². The highest BCUT2D eigenvalue weighted by molar-refractivity contribution is 14.0. The molecule has 3 rings (SSSR count). The molecule has 0 amide bonds. The summed E-state index contributed by atoms with van der Waals surface area (Å²) in [4.78, 5) is 8.12. The number of hydrogen-bond acceptors (Lipinski definition) is 5. The van der Waals surface area contributed by atoms with Gasteiger partial charge in [-0.2, -0.15) is 13.2 Å². The summed E-state index contributed by atoms with van der Waals surface area (Å²) in [6, 6.07) is 9.68. The Bertz CT molecular complexity index is 941. The van der Waals surface area contributed by atoms with E-state index in [1.165, 1.54) is 0 Å². The van der Waals surface area contributed by atoms with Crippen molar-refractivity contribution < 1.29 is 13.2 Å². The summed E-state index contributed by atoms with van der Waals surface area (Å²) < 4.78 is 39.7. The van der Waals surface area contributed by atoms with Crippen LogP contribution >= 0.6 is 35.3 Å². The molecule has 0 atom stereocenters. The first-order valence-corrected chi connectivity index (χ1v) is 9.83. The average molecular weight is 551 g/mol. The van der Waals surface area contributed by atoms with E-state index in [0.29, 0.717) is 42.8 Å². The second-order valence-corrected chi connectivity index (χ2v) is 6.89. The lowest BCUT2D eigenvalue weighted by Crippen LogP contribution is -2.38. The molecule has 2 heterocycles. The van der Waals surface area contributed by atoms with Gasteiger partial charge < -0.3 is 10.6 Å². The Morgan fingerprint density at radius 1 is 1.20 bits per heavy atom. The molecule has 0 bridgehead atoms. The molecule has 1 aromatic carbocycles. The van der Waals surface area contributed by atoms with Crippen LogP contribution in [0.3, 0.4) is 0 Å². The van der Waals surface area contributed by atoms with Crippen molar-refractivity contribution in [2.45, 2.75) is 26.1 Å². The number of alkyl halides is 3. The Kier molecular flexibility index (Phi) is 9.02. The summed E-state index contributed by atoms with van der Waals surface area (Å²) in [5.41, 5.74) is 0.0863. The minimum Gasteiger partial charge on any atom is -0.357 e. The topological polar surface area (TPSA) is 80.0 Å². The Labute approximate surface area is 192 Å². The number of rotatable bonds is 7. The van der Waals surface area contributed by atoms with Gasteiger partial charge in [0, 0.05) is 30.6 Å². The van der Waals surface area contributed by atoms with Crippen LogP contribution < -0.4 is 10.6 Å². The predicted octanol–water partition coefficient (Wildman–Crippen LogP) is 3.66. The van der Waals surface area contributed by atoms with Crippen molar-refractivity contribution in [3.63, 3.8) is 0 Å². The van der Waals surface area contributed by atoms with E-state index in [0.717, 1.165) is 22.4 Å². The minimum absolute atomic E-state index is 0. The zero-order chi connectivity index (χ0) is 20.7. The van der Waals surface area contributed by atoms with E-state index in [1.54, 1.807) is 6.33 Å². The largest absolute Gasteiger partial charge is 0.434 e. The monoisotopic (exact) mass is 551 g/mol. The average Bonchev–Trinajstić information content (AvgIpc) is 3.36. The van der Waals surface area contributed by atoms with Gasteiger partial charge in [-0.3, -0.25) is 4.57 Å². The van der Waals surface area contributed by atoms with Gasteiger partial charge >= 0.3 is 6.18 Å². The van der Waals surface area contributed by atoms with Crippen LogP contribution in [0.25, 0.3) is 5.69 Å². The molecule has 0 saturated heterocycles. The third-order valence-corrected chi connectivity index (χ3v) is 4.76. The molecule has 0 fully saturated rings. The number of para-hydroxylation sites is 1. The van der Waals surface area contributed by atoms with Crippen LogP contribution in [0, 0.1) is 0 Å². The first kappa shape index (κ1) is 24.1. The molecule has 0 aliphatic carbocycles. The number of guanidine groups is 1. The summed E-state index contributed by atoms with van der Waals surface area (Å²) >= 11 is 0.999. The number of benzene rings is 1. The summed E-state index contributed by atoms with van der Waals surface area (Å²) in [6.45, 7) is 3.27. The van der Waals surface area contributed by atoms with E-state index in [4.69, 9.17) is 0 Å². The van der Waals surface area contributed by atoms with Crippen molar-refractivity contribution in [3.8, 4) is 5.69 Å². The minimum atomic E-state index is -4.41. The molecule has 0 aliphatic heterocycles. The van der Waals surface area contributed by atoms with Gasteiger partial charge in [-0.1, -0.05) is 18.2 Å². The Balaban J connectivity index is 0.00000320. The number of hydrogen-bond donors (Lipinski definition) is 2. The number of aliphatic imine (C=N–C) groups is 1. The molecule has 0 aliphatic rings. The molecule has 12 heteroatoms. The molecule has 0 radical (unpaired) electrons. The molecule has 0 saturated carbocycles. The maximum absolute atomic E-state index is 12.6. The van der Waals surface area contributed by atoms with E-state index >= 15 is 0 Å². The Hall–Kier alpha value is -2.22. The normalized spacial score (nSPS) is 11.8. The van der Waals surface area contributed by atoms with Gasteiger partial charge in [0.15, 0.2) is 17.5 Å². The number of nitrogens with zero attached hydrogens (tertiary/aromatic N) is 5. The maximum atomic E-state index is 12.6. The summed E-state index contributed by atoms with van der Waals surface area (Å²) in [5.74, 6) is 1.21. The van der Waals surface area contributed by atoms with Crippen molar-refractivity contribution in [1.29, 1.82) is 0 Å².